The lowest BCUT2D eigenvalue weighted by Crippen LogP contribution is -2.26. The van der Waals surface area contributed by atoms with E-state index in [4.69, 9.17) is 10.4 Å². The van der Waals surface area contributed by atoms with Gasteiger partial charge in [-0.05, 0) is 18.6 Å². The van der Waals surface area contributed by atoms with Gasteiger partial charge in [0.15, 0.2) is 5.82 Å². The standard InChI is InChI=1S/C11H10F2N2O4S/c12-7-3-4-8(10(13)9(7)11(16)17)20(18,19)15-6-2-1-5-14/h3-4,15H,1-2,6H2,(H,16,17). The molecule has 0 aliphatic carbocycles. The Labute approximate surface area is 113 Å². The summed E-state index contributed by atoms with van der Waals surface area (Å²) in [6.45, 7) is -0.116. The summed E-state index contributed by atoms with van der Waals surface area (Å²) >= 11 is 0. The zero-order valence-corrected chi connectivity index (χ0v) is 10.9. The second-order valence-electron chi connectivity index (χ2n) is 3.70. The Balaban J connectivity index is 3.11. The monoisotopic (exact) mass is 304 g/mol. The lowest BCUT2D eigenvalue weighted by molar-refractivity contribution is 0.0685. The lowest BCUT2D eigenvalue weighted by Gasteiger charge is -2.09. The van der Waals surface area contributed by atoms with Crippen LogP contribution < -0.4 is 4.72 Å². The van der Waals surface area contributed by atoms with Crippen LogP contribution in [-0.4, -0.2) is 26.0 Å². The summed E-state index contributed by atoms with van der Waals surface area (Å²) in [5.74, 6) is -4.93. The van der Waals surface area contributed by atoms with Gasteiger partial charge in [-0.2, -0.15) is 5.26 Å². The number of carbonyl (C=O) groups is 1. The van der Waals surface area contributed by atoms with E-state index < -0.39 is 38.1 Å². The Bertz CT molecular complexity index is 668. The van der Waals surface area contributed by atoms with E-state index in [1.54, 1.807) is 6.07 Å². The summed E-state index contributed by atoms with van der Waals surface area (Å²) in [7, 11) is -4.31. The summed E-state index contributed by atoms with van der Waals surface area (Å²) in [5.41, 5.74) is -1.33. The minimum atomic E-state index is -4.31. The molecule has 108 valence electrons. The third kappa shape index (κ3) is 3.49. The fourth-order valence-corrected chi connectivity index (χ4v) is 2.54. The molecule has 0 aromatic heterocycles. The number of hydrogen-bond donors (Lipinski definition) is 2. The van der Waals surface area contributed by atoms with Crippen molar-refractivity contribution in [2.75, 3.05) is 6.54 Å². The number of unbranched alkanes of at least 4 members (excludes halogenated alkanes) is 1. The molecule has 0 atom stereocenters. The predicted octanol–water partition coefficient (Wildman–Crippen LogP) is 1.25. The van der Waals surface area contributed by atoms with Gasteiger partial charge in [0.05, 0.1) is 6.07 Å². The molecule has 0 unspecified atom stereocenters. The van der Waals surface area contributed by atoms with Crippen LogP contribution in [0.2, 0.25) is 0 Å². The molecule has 0 fully saturated rings. The van der Waals surface area contributed by atoms with Crippen LogP contribution in [0.1, 0.15) is 23.2 Å². The van der Waals surface area contributed by atoms with E-state index in [1.807, 2.05) is 4.72 Å². The normalized spacial score (nSPS) is 11.1. The molecule has 1 rings (SSSR count). The van der Waals surface area contributed by atoms with E-state index >= 15 is 0 Å². The maximum Gasteiger partial charge on any atom is 0.341 e. The number of aromatic carboxylic acids is 1. The summed E-state index contributed by atoms with van der Waals surface area (Å²) in [6, 6.07) is 3.01. The number of carboxylic acid groups (broad SMARTS) is 1. The Hall–Kier alpha value is -2.05. The summed E-state index contributed by atoms with van der Waals surface area (Å²) in [4.78, 5) is 9.74. The van der Waals surface area contributed by atoms with Crippen molar-refractivity contribution in [3.8, 4) is 6.07 Å². The molecule has 2 N–H and O–H groups in total. The molecule has 20 heavy (non-hydrogen) atoms. The average molecular weight is 304 g/mol. The van der Waals surface area contributed by atoms with Gasteiger partial charge in [0, 0.05) is 13.0 Å². The largest absolute Gasteiger partial charge is 0.477 e. The second-order valence-corrected chi connectivity index (χ2v) is 5.43. The van der Waals surface area contributed by atoms with Crippen LogP contribution in [0.4, 0.5) is 8.78 Å². The maximum atomic E-state index is 13.8. The molecule has 9 heteroatoms. The lowest BCUT2D eigenvalue weighted by atomic mass is 10.2. The molecule has 1 aromatic carbocycles. The smallest absolute Gasteiger partial charge is 0.341 e. The molecule has 0 saturated heterocycles. The number of nitriles is 1. The highest BCUT2D eigenvalue weighted by atomic mass is 32.2. The molecule has 0 heterocycles. The van der Waals surface area contributed by atoms with Crippen LogP contribution >= 0.6 is 0 Å². The van der Waals surface area contributed by atoms with Gasteiger partial charge in [0.2, 0.25) is 10.0 Å². The van der Waals surface area contributed by atoms with Crippen LogP contribution in [0.3, 0.4) is 0 Å². The highest BCUT2D eigenvalue weighted by Crippen LogP contribution is 2.21. The first-order chi connectivity index (χ1) is 9.31. The van der Waals surface area contributed by atoms with Crippen molar-refractivity contribution in [2.24, 2.45) is 0 Å². The van der Waals surface area contributed by atoms with Crippen LogP contribution in [-0.2, 0) is 10.0 Å². The Morgan fingerprint density at radius 3 is 2.60 bits per heavy atom. The van der Waals surface area contributed by atoms with E-state index in [2.05, 4.69) is 0 Å². The molecule has 6 nitrogen and oxygen atoms in total. The third-order valence-electron chi connectivity index (χ3n) is 2.32. The van der Waals surface area contributed by atoms with Gasteiger partial charge in [-0.25, -0.2) is 26.7 Å². The molecule has 0 bridgehead atoms. The summed E-state index contributed by atoms with van der Waals surface area (Å²) < 4.78 is 52.4. The third-order valence-corrected chi connectivity index (χ3v) is 3.79. The van der Waals surface area contributed by atoms with Gasteiger partial charge in [-0.15, -0.1) is 0 Å². The zero-order chi connectivity index (χ0) is 15.3. The fourth-order valence-electron chi connectivity index (χ4n) is 1.39. The second kappa shape index (κ2) is 6.40. The number of benzene rings is 1. The fraction of sp³-hybridized carbons (Fsp3) is 0.273. The molecule has 1 aromatic rings. The first-order valence-corrected chi connectivity index (χ1v) is 6.87. The van der Waals surface area contributed by atoms with Crippen LogP contribution in [0.25, 0.3) is 0 Å². The van der Waals surface area contributed by atoms with Gasteiger partial charge in [0.25, 0.3) is 0 Å². The predicted molar refractivity (Wildman–Crippen MR) is 63.4 cm³/mol. The minimum absolute atomic E-state index is 0.106. The average Bonchev–Trinajstić information content (AvgIpc) is 2.34. The molecular weight excluding hydrogens is 294 g/mol. The molecule has 0 aliphatic heterocycles. The van der Waals surface area contributed by atoms with Gasteiger partial charge in [0.1, 0.15) is 16.3 Å². The van der Waals surface area contributed by atoms with Crippen molar-refractivity contribution < 1.29 is 27.1 Å². The van der Waals surface area contributed by atoms with E-state index in [9.17, 15) is 22.0 Å². The van der Waals surface area contributed by atoms with Crippen molar-refractivity contribution >= 4 is 16.0 Å². The van der Waals surface area contributed by atoms with Gasteiger partial charge < -0.3 is 5.11 Å². The molecule has 0 amide bonds. The van der Waals surface area contributed by atoms with Crippen LogP contribution in [0.5, 0.6) is 0 Å². The number of carboxylic acids is 1. The molecule has 0 radical (unpaired) electrons. The van der Waals surface area contributed by atoms with Gasteiger partial charge >= 0.3 is 5.97 Å². The molecule has 0 saturated carbocycles. The van der Waals surface area contributed by atoms with Gasteiger partial charge in [-0.3, -0.25) is 0 Å². The quantitative estimate of drug-likeness (QED) is 0.769. The first-order valence-electron chi connectivity index (χ1n) is 5.39. The number of hydrogen-bond acceptors (Lipinski definition) is 4. The highest BCUT2D eigenvalue weighted by Gasteiger charge is 2.26. The van der Waals surface area contributed by atoms with Crippen LogP contribution in [0.15, 0.2) is 17.0 Å². The maximum absolute atomic E-state index is 13.8. The minimum Gasteiger partial charge on any atom is -0.477 e. The van der Waals surface area contributed by atoms with E-state index in [0.29, 0.717) is 12.1 Å². The molecule has 0 aliphatic rings. The molecule has 0 spiro atoms. The molecular formula is C11H10F2N2O4S. The number of nitrogens with one attached hydrogen (secondary N) is 1. The Morgan fingerprint density at radius 2 is 2.05 bits per heavy atom. The zero-order valence-electron chi connectivity index (χ0n) is 10.1. The number of sulfonamides is 1. The van der Waals surface area contributed by atoms with Crippen molar-refractivity contribution in [1.29, 1.82) is 5.26 Å². The Morgan fingerprint density at radius 1 is 1.40 bits per heavy atom. The summed E-state index contributed by atoms with van der Waals surface area (Å²) in [6.07, 6.45) is 0.319. The van der Waals surface area contributed by atoms with Crippen molar-refractivity contribution in [2.45, 2.75) is 17.7 Å². The van der Waals surface area contributed by atoms with Gasteiger partial charge in [-0.1, -0.05) is 0 Å². The Kier molecular flexibility index (Phi) is 5.12. The highest BCUT2D eigenvalue weighted by molar-refractivity contribution is 7.89. The summed E-state index contributed by atoms with van der Waals surface area (Å²) in [5, 5.41) is 16.9. The van der Waals surface area contributed by atoms with Crippen molar-refractivity contribution in [1.82, 2.24) is 4.72 Å². The SMILES string of the molecule is N#CCCCNS(=O)(=O)c1ccc(F)c(C(=O)O)c1F. The number of rotatable bonds is 6. The topological polar surface area (TPSA) is 107 Å². The van der Waals surface area contributed by atoms with Crippen molar-refractivity contribution in [3.63, 3.8) is 0 Å². The number of halogens is 2. The first kappa shape index (κ1) is 16.0. The number of nitrogens with zero attached hydrogens (tertiary/aromatic N) is 1. The van der Waals surface area contributed by atoms with E-state index in [1.165, 1.54) is 0 Å². The van der Waals surface area contributed by atoms with E-state index in [-0.39, 0.29) is 19.4 Å². The van der Waals surface area contributed by atoms with Crippen LogP contribution in [0, 0.1) is 23.0 Å². The van der Waals surface area contributed by atoms with E-state index in [0.717, 1.165) is 0 Å². The van der Waals surface area contributed by atoms with Crippen molar-refractivity contribution in [3.05, 3.63) is 29.3 Å².